The quantitative estimate of drug-likeness (QED) is 0.372. The van der Waals surface area contributed by atoms with Crippen LogP contribution in [0.25, 0.3) is 0 Å². The van der Waals surface area contributed by atoms with Crippen LogP contribution in [-0.4, -0.2) is 19.5 Å². The molecule has 0 atom stereocenters. The van der Waals surface area contributed by atoms with E-state index in [1.807, 2.05) is 0 Å². The van der Waals surface area contributed by atoms with Gasteiger partial charge in [0.25, 0.3) is 0 Å². The molecule has 0 saturated heterocycles. The molecule has 2 rings (SSSR count). The molecule has 0 N–H and O–H groups in total. The summed E-state index contributed by atoms with van der Waals surface area (Å²) in [6.45, 7) is 3.07. The third kappa shape index (κ3) is 1.66. The molecule has 1 radical (unpaired) electrons. The van der Waals surface area contributed by atoms with Gasteiger partial charge in [-0.25, -0.2) is 0 Å². The van der Waals surface area contributed by atoms with Gasteiger partial charge < -0.3 is 0 Å². The van der Waals surface area contributed by atoms with E-state index in [2.05, 4.69) is 44.2 Å². The fourth-order valence-corrected chi connectivity index (χ4v) is 5.56. The molecule has 0 spiro atoms. The topological polar surface area (TPSA) is 0 Å². The zero-order valence-electron chi connectivity index (χ0n) is 8.83. The normalized spacial score (nSPS) is 20.1. The van der Waals surface area contributed by atoms with Gasteiger partial charge in [0.2, 0.25) is 0 Å². The predicted molar refractivity (Wildman–Crippen MR) is 66.9 cm³/mol. The molecule has 71 valence electrons. The van der Waals surface area contributed by atoms with E-state index in [-0.39, 0.29) is 0 Å². The zero-order chi connectivity index (χ0) is 10.2. The van der Waals surface area contributed by atoms with Crippen LogP contribution in [0.5, 0.6) is 0 Å². The van der Waals surface area contributed by atoms with Crippen molar-refractivity contribution in [3.05, 3.63) is 41.5 Å². The van der Waals surface area contributed by atoms with E-state index >= 15 is 0 Å². The Labute approximate surface area is 87.4 Å². The van der Waals surface area contributed by atoms with Gasteiger partial charge in [-0.15, -0.1) is 0 Å². The van der Waals surface area contributed by atoms with Gasteiger partial charge in [-0.3, -0.25) is 0 Å². The molecule has 0 amide bonds. The molecule has 2 heteroatoms. The summed E-state index contributed by atoms with van der Waals surface area (Å²) in [7, 11) is 6.53. The summed E-state index contributed by atoms with van der Waals surface area (Å²) in [6.07, 6.45) is 2.23. The molecule has 14 heavy (non-hydrogen) atoms. The summed E-state index contributed by atoms with van der Waals surface area (Å²) >= 11 is 0. The summed E-state index contributed by atoms with van der Waals surface area (Å²) in [6, 6.07) is 10.6. The van der Waals surface area contributed by atoms with Crippen LogP contribution >= 0.6 is 6.75 Å². The first-order valence-electron chi connectivity index (χ1n) is 4.98. The Morgan fingerprint density at radius 2 is 1.50 bits per heavy atom. The first-order chi connectivity index (χ1) is 6.62. The Kier molecular flexibility index (Phi) is 2.53. The van der Waals surface area contributed by atoms with Crippen molar-refractivity contribution in [2.24, 2.45) is 0 Å². The molecule has 0 aromatic heterocycles. The Balaban J connectivity index is 2.35. The van der Waals surface area contributed by atoms with Crippen LogP contribution < -0.4 is 5.30 Å². The summed E-state index contributed by atoms with van der Waals surface area (Å²) in [5.74, 6) is 0. The second-order valence-corrected chi connectivity index (χ2v) is 7.46. The van der Waals surface area contributed by atoms with Gasteiger partial charge in [0.1, 0.15) is 0 Å². The molecule has 0 aliphatic carbocycles. The van der Waals surface area contributed by atoms with Crippen molar-refractivity contribution in [3.8, 4) is 0 Å². The fraction of sp³-hybridized carbons (Fsp3) is 0.333. The van der Waals surface area contributed by atoms with E-state index < -0.39 is 6.75 Å². The van der Waals surface area contributed by atoms with Crippen molar-refractivity contribution < 1.29 is 0 Å². The summed E-state index contributed by atoms with van der Waals surface area (Å²) in [5, 5.41) is 1.37. The van der Waals surface area contributed by atoms with E-state index in [1.54, 1.807) is 0 Å². The SMILES string of the molecule is [B]=P1(c2ccccc2)CC(C)=C(C)C1. The first kappa shape index (κ1) is 9.99. The van der Waals surface area contributed by atoms with E-state index in [1.165, 1.54) is 16.5 Å². The van der Waals surface area contributed by atoms with Gasteiger partial charge in [-0.05, 0) is 0 Å². The minimum atomic E-state index is -1.36. The molecular weight excluding hydrogens is 186 g/mol. The molecule has 0 unspecified atom stereocenters. The van der Waals surface area contributed by atoms with Crippen molar-refractivity contribution in [1.29, 1.82) is 0 Å². The predicted octanol–water partition coefficient (Wildman–Crippen LogP) is 2.76. The van der Waals surface area contributed by atoms with E-state index in [0.29, 0.717) is 0 Å². The minimum absolute atomic E-state index is 1.11. The monoisotopic (exact) mass is 201 g/mol. The molecule has 0 nitrogen and oxygen atoms in total. The number of benzene rings is 1. The summed E-state index contributed by atoms with van der Waals surface area (Å²) < 4.78 is 0. The summed E-state index contributed by atoms with van der Waals surface area (Å²) in [5.41, 5.74) is 3.01. The Morgan fingerprint density at radius 1 is 1.00 bits per heavy atom. The Hall–Kier alpha value is -0.545. The third-order valence-corrected chi connectivity index (χ3v) is 6.44. The fourth-order valence-electron chi connectivity index (χ4n) is 2.08. The van der Waals surface area contributed by atoms with Crippen LogP contribution in [-0.2, 0) is 0 Å². The molecule has 0 saturated carbocycles. The average Bonchev–Trinajstić information content (AvgIpc) is 2.44. The maximum absolute atomic E-state index is 6.53. The van der Waals surface area contributed by atoms with E-state index in [0.717, 1.165) is 12.3 Å². The van der Waals surface area contributed by atoms with Crippen molar-refractivity contribution >= 4 is 19.2 Å². The Morgan fingerprint density at radius 3 is 2.00 bits per heavy atom. The van der Waals surface area contributed by atoms with Gasteiger partial charge in [0.05, 0.1) is 0 Å². The number of rotatable bonds is 1. The second-order valence-electron chi connectivity index (χ2n) is 4.25. The van der Waals surface area contributed by atoms with Gasteiger partial charge >= 0.3 is 86.9 Å². The molecule has 0 bridgehead atoms. The molecule has 0 fully saturated rings. The van der Waals surface area contributed by atoms with E-state index in [4.69, 9.17) is 7.18 Å². The third-order valence-electron chi connectivity index (χ3n) is 3.04. The molecule has 1 aliphatic heterocycles. The van der Waals surface area contributed by atoms with Crippen molar-refractivity contribution in [1.82, 2.24) is 0 Å². The van der Waals surface area contributed by atoms with Crippen molar-refractivity contribution in [2.45, 2.75) is 13.8 Å². The van der Waals surface area contributed by atoms with Crippen molar-refractivity contribution in [3.63, 3.8) is 0 Å². The van der Waals surface area contributed by atoms with Crippen LogP contribution in [0, 0.1) is 0 Å². The molecule has 1 aromatic rings. The van der Waals surface area contributed by atoms with Gasteiger partial charge in [0.15, 0.2) is 0 Å². The van der Waals surface area contributed by atoms with Crippen LogP contribution in [0.4, 0.5) is 0 Å². The van der Waals surface area contributed by atoms with Crippen LogP contribution in [0.15, 0.2) is 41.5 Å². The average molecular weight is 201 g/mol. The van der Waals surface area contributed by atoms with Gasteiger partial charge in [-0.2, -0.15) is 0 Å². The van der Waals surface area contributed by atoms with Crippen LogP contribution in [0.3, 0.4) is 0 Å². The molecular formula is C12H15BP. The van der Waals surface area contributed by atoms with Crippen LogP contribution in [0.1, 0.15) is 13.8 Å². The number of hydrogen-bond donors (Lipinski definition) is 0. The van der Waals surface area contributed by atoms with Gasteiger partial charge in [-0.1, -0.05) is 0 Å². The molecule has 1 aliphatic rings. The molecule has 1 heterocycles. The second kappa shape index (κ2) is 3.55. The number of allylic oxidation sites excluding steroid dienone is 2. The molecule has 1 aromatic carbocycles. The number of hydrogen-bond acceptors (Lipinski definition) is 0. The van der Waals surface area contributed by atoms with E-state index in [9.17, 15) is 0 Å². The summed E-state index contributed by atoms with van der Waals surface area (Å²) in [4.78, 5) is 0. The van der Waals surface area contributed by atoms with Crippen LogP contribution in [0.2, 0.25) is 0 Å². The van der Waals surface area contributed by atoms with Gasteiger partial charge in [0, 0.05) is 0 Å². The van der Waals surface area contributed by atoms with Crippen molar-refractivity contribution in [2.75, 3.05) is 12.3 Å². The Bertz CT molecular complexity index is 399. The standard InChI is InChI=1S/C12H15BP/c1-10-8-14(13,9-11(10)2)12-6-4-3-5-7-12/h3-7H,8-9H2,1-2H3. The zero-order valence-corrected chi connectivity index (χ0v) is 9.72. The maximum atomic E-state index is 6.53. The first-order valence-corrected chi connectivity index (χ1v) is 7.21.